The second-order valence-electron chi connectivity index (χ2n) is 4.93. The van der Waals surface area contributed by atoms with Crippen LogP contribution in [0.4, 0.5) is 0 Å². The molecule has 0 bridgehead atoms. The molecule has 1 N–H and O–H groups in total. The Balaban J connectivity index is 2.05. The molecule has 1 aliphatic carbocycles. The minimum absolute atomic E-state index is 0.0757. The fraction of sp³-hybridized carbons (Fsp3) is 0.429. The van der Waals surface area contributed by atoms with Gasteiger partial charge in [0.05, 0.1) is 7.11 Å². The fourth-order valence-corrected chi connectivity index (χ4v) is 3.63. The molecular weight excluding hydrogens is 280 g/mol. The molecule has 0 radical (unpaired) electrons. The number of rotatable bonds is 2. The SMILES string of the molecule is COC(=O)[C@@]1(O)C[C@@H](c2cccs2)C2=C(O1)C(=O)CC2. The normalized spacial score (nSPS) is 29.1. The van der Waals surface area contributed by atoms with E-state index >= 15 is 0 Å². The van der Waals surface area contributed by atoms with Crippen molar-refractivity contribution in [2.45, 2.75) is 31.0 Å². The van der Waals surface area contributed by atoms with Gasteiger partial charge < -0.3 is 14.6 Å². The molecule has 0 fully saturated rings. The van der Waals surface area contributed by atoms with Crippen LogP contribution in [0.2, 0.25) is 0 Å². The van der Waals surface area contributed by atoms with E-state index in [2.05, 4.69) is 4.74 Å². The largest absolute Gasteiger partial charge is 0.464 e. The predicted molar refractivity (Wildman–Crippen MR) is 71.0 cm³/mol. The van der Waals surface area contributed by atoms with Crippen molar-refractivity contribution in [3.05, 3.63) is 33.7 Å². The quantitative estimate of drug-likeness (QED) is 0.841. The summed E-state index contributed by atoms with van der Waals surface area (Å²) in [4.78, 5) is 24.7. The van der Waals surface area contributed by atoms with Crippen LogP contribution in [0.15, 0.2) is 28.8 Å². The fourth-order valence-electron chi connectivity index (χ4n) is 2.77. The van der Waals surface area contributed by atoms with Gasteiger partial charge in [-0.15, -0.1) is 11.3 Å². The van der Waals surface area contributed by atoms with Crippen molar-refractivity contribution in [3.8, 4) is 0 Å². The molecule has 2 atom stereocenters. The van der Waals surface area contributed by atoms with E-state index in [0.29, 0.717) is 12.8 Å². The van der Waals surface area contributed by atoms with Crippen LogP contribution < -0.4 is 0 Å². The van der Waals surface area contributed by atoms with Crippen LogP contribution in [-0.2, 0) is 19.1 Å². The monoisotopic (exact) mass is 294 g/mol. The first-order valence-electron chi connectivity index (χ1n) is 6.34. The third kappa shape index (κ3) is 1.96. The van der Waals surface area contributed by atoms with Crippen molar-refractivity contribution < 1.29 is 24.2 Å². The molecule has 0 unspecified atom stereocenters. The van der Waals surface area contributed by atoms with Gasteiger partial charge in [-0.05, 0) is 23.4 Å². The molecule has 0 spiro atoms. The predicted octanol–water partition coefficient (Wildman–Crippen LogP) is 1.73. The lowest BCUT2D eigenvalue weighted by molar-refractivity contribution is -0.220. The molecule has 1 aromatic heterocycles. The number of ketones is 1. The van der Waals surface area contributed by atoms with Gasteiger partial charge in [0.2, 0.25) is 0 Å². The smallest absolute Gasteiger partial charge is 0.379 e. The zero-order valence-corrected chi connectivity index (χ0v) is 11.7. The van der Waals surface area contributed by atoms with Crippen LogP contribution in [0.1, 0.15) is 30.1 Å². The van der Waals surface area contributed by atoms with Crippen molar-refractivity contribution >= 4 is 23.1 Å². The molecule has 6 heteroatoms. The van der Waals surface area contributed by atoms with Crippen molar-refractivity contribution in [1.82, 2.24) is 0 Å². The van der Waals surface area contributed by atoms with E-state index in [1.807, 2.05) is 17.5 Å². The summed E-state index contributed by atoms with van der Waals surface area (Å²) in [6, 6.07) is 3.84. The number of hydrogen-bond acceptors (Lipinski definition) is 6. The molecule has 0 aromatic carbocycles. The van der Waals surface area contributed by atoms with Crippen LogP contribution in [-0.4, -0.2) is 29.8 Å². The maximum Gasteiger partial charge on any atom is 0.379 e. The highest BCUT2D eigenvalue weighted by Gasteiger charge is 2.51. The average molecular weight is 294 g/mol. The van der Waals surface area contributed by atoms with E-state index in [1.54, 1.807) is 0 Å². The van der Waals surface area contributed by atoms with Gasteiger partial charge in [-0.25, -0.2) is 4.79 Å². The highest BCUT2D eigenvalue weighted by Crippen LogP contribution is 2.47. The molecule has 106 valence electrons. The van der Waals surface area contributed by atoms with Crippen molar-refractivity contribution in [1.29, 1.82) is 0 Å². The summed E-state index contributed by atoms with van der Waals surface area (Å²) >= 11 is 1.54. The van der Waals surface area contributed by atoms with Gasteiger partial charge in [-0.2, -0.15) is 0 Å². The van der Waals surface area contributed by atoms with Crippen molar-refractivity contribution in [3.63, 3.8) is 0 Å². The molecular formula is C14H14O5S. The lowest BCUT2D eigenvalue weighted by atomic mass is 9.87. The number of Topliss-reactive ketones (excluding diaryl/α,β-unsaturated/α-hetero) is 1. The van der Waals surface area contributed by atoms with E-state index < -0.39 is 11.8 Å². The van der Waals surface area contributed by atoms with Gasteiger partial charge in [-0.3, -0.25) is 4.79 Å². The van der Waals surface area contributed by atoms with E-state index in [0.717, 1.165) is 10.5 Å². The van der Waals surface area contributed by atoms with Gasteiger partial charge in [-0.1, -0.05) is 6.07 Å². The molecule has 0 saturated heterocycles. The maximum absolute atomic E-state index is 11.9. The summed E-state index contributed by atoms with van der Waals surface area (Å²) in [6.45, 7) is 0. The third-order valence-corrected chi connectivity index (χ3v) is 4.72. The summed E-state index contributed by atoms with van der Waals surface area (Å²) in [7, 11) is 1.18. The highest BCUT2D eigenvalue weighted by molar-refractivity contribution is 7.10. The van der Waals surface area contributed by atoms with Gasteiger partial charge in [0.1, 0.15) is 0 Å². The minimum atomic E-state index is -2.08. The van der Waals surface area contributed by atoms with E-state index in [9.17, 15) is 14.7 Å². The highest BCUT2D eigenvalue weighted by atomic mass is 32.1. The molecule has 2 aliphatic rings. The Bertz CT molecular complexity index is 589. The lowest BCUT2D eigenvalue weighted by Gasteiger charge is -2.35. The van der Waals surface area contributed by atoms with E-state index in [4.69, 9.17) is 4.74 Å². The Morgan fingerprint density at radius 3 is 3.00 bits per heavy atom. The van der Waals surface area contributed by atoms with Crippen LogP contribution in [0.25, 0.3) is 0 Å². The number of thiophene rings is 1. The second-order valence-corrected chi connectivity index (χ2v) is 5.91. The Hall–Kier alpha value is -1.66. The minimum Gasteiger partial charge on any atom is -0.464 e. The number of aliphatic hydroxyl groups is 1. The summed E-state index contributed by atoms with van der Waals surface area (Å²) in [5.41, 5.74) is 0.881. The summed E-state index contributed by atoms with van der Waals surface area (Å²) in [5.74, 6) is -3.15. The summed E-state index contributed by atoms with van der Waals surface area (Å²) in [5, 5.41) is 12.3. The first kappa shape index (κ1) is 13.3. The molecule has 2 heterocycles. The molecule has 20 heavy (non-hydrogen) atoms. The zero-order chi connectivity index (χ0) is 14.3. The topological polar surface area (TPSA) is 72.8 Å². The Labute approximate surface area is 119 Å². The second kappa shape index (κ2) is 4.71. The van der Waals surface area contributed by atoms with Gasteiger partial charge in [0, 0.05) is 23.6 Å². The molecule has 1 aliphatic heterocycles. The number of carbonyl (C=O) groups excluding carboxylic acids is 2. The standard InChI is InChI=1S/C14H14O5S/c1-18-13(16)14(17)7-9(11-3-2-6-20-11)8-4-5-10(15)12(8)19-14/h2-3,6,9,17H,4-5,7H2,1H3/t9-,14-/m1/s1. The molecule has 5 nitrogen and oxygen atoms in total. The Kier molecular flexibility index (Phi) is 3.14. The molecule has 3 rings (SSSR count). The van der Waals surface area contributed by atoms with Crippen LogP contribution in [0.3, 0.4) is 0 Å². The van der Waals surface area contributed by atoms with Crippen molar-refractivity contribution in [2.24, 2.45) is 0 Å². The Morgan fingerprint density at radius 2 is 2.35 bits per heavy atom. The summed E-state index contributed by atoms with van der Waals surface area (Å²) in [6.07, 6.45) is 1.06. The molecule has 1 aromatic rings. The first-order valence-corrected chi connectivity index (χ1v) is 7.22. The third-order valence-electron chi connectivity index (χ3n) is 3.73. The number of methoxy groups -OCH3 is 1. The van der Waals surface area contributed by atoms with Gasteiger partial charge in [0.15, 0.2) is 11.5 Å². The number of hydrogen-bond donors (Lipinski definition) is 1. The first-order chi connectivity index (χ1) is 9.55. The number of carbonyl (C=O) groups is 2. The van der Waals surface area contributed by atoms with E-state index in [-0.39, 0.29) is 23.9 Å². The maximum atomic E-state index is 11.9. The van der Waals surface area contributed by atoms with Crippen molar-refractivity contribution in [2.75, 3.05) is 7.11 Å². The molecule has 0 saturated carbocycles. The van der Waals surface area contributed by atoms with Gasteiger partial charge in [0.25, 0.3) is 0 Å². The number of allylic oxidation sites excluding steroid dienone is 2. The van der Waals surface area contributed by atoms with Crippen LogP contribution in [0, 0.1) is 0 Å². The lowest BCUT2D eigenvalue weighted by Crippen LogP contribution is -2.46. The van der Waals surface area contributed by atoms with Crippen LogP contribution in [0.5, 0.6) is 0 Å². The summed E-state index contributed by atoms with van der Waals surface area (Å²) < 4.78 is 9.90. The van der Waals surface area contributed by atoms with Gasteiger partial charge >= 0.3 is 11.8 Å². The van der Waals surface area contributed by atoms with Crippen LogP contribution >= 0.6 is 11.3 Å². The van der Waals surface area contributed by atoms with E-state index in [1.165, 1.54) is 18.4 Å². The average Bonchev–Trinajstić information content (AvgIpc) is 3.08. The molecule has 0 amide bonds. The number of esters is 1. The zero-order valence-electron chi connectivity index (χ0n) is 10.9. The number of ether oxygens (including phenoxy) is 2. The Morgan fingerprint density at radius 1 is 1.55 bits per heavy atom.